The van der Waals surface area contributed by atoms with Gasteiger partial charge in [-0.3, -0.25) is 4.79 Å². The fraction of sp³-hybridized carbons (Fsp3) is 0.696. The lowest BCUT2D eigenvalue weighted by Crippen LogP contribution is -2.51. The average molecular weight is 370 g/mol. The normalized spacial score (nSPS) is 42.5. The molecule has 2 heterocycles. The van der Waals surface area contributed by atoms with Crippen LogP contribution in [0.1, 0.15) is 44.6 Å². The molecule has 0 radical (unpaired) electrons. The number of carbonyl (C=O) groups is 1. The molecule has 4 heteroatoms. The van der Waals surface area contributed by atoms with Crippen LogP contribution in [0.3, 0.4) is 0 Å². The number of rotatable bonds is 5. The summed E-state index contributed by atoms with van der Waals surface area (Å²) < 4.78 is 11.9. The van der Waals surface area contributed by atoms with Crippen molar-refractivity contribution >= 4 is 5.97 Å². The van der Waals surface area contributed by atoms with Crippen molar-refractivity contribution in [3.63, 3.8) is 0 Å². The highest BCUT2D eigenvalue weighted by Gasteiger charge is 2.64. The van der Waals surface area contributed by atoms with Crippen LogP contribution in [0.5, 0.6) is 0 Å². The summed E-state index contributed by atoms with van der Waals surface area (Å²) in [6.45, 7) is 4.98. The number of hydrogen-bond acceptors (Lipinski definition) is 4. The van der Waals surface area contributed by atoms with Crippen LogP contribution in [0, 0.1) is 23.2 Å². The molecule has 0 unspecified atom stereocenters. The van der Waals surface area contributed by atoms with Crippen molar-refractivity contribution in [1.29, 1.82) is 0 Å². The van der Waals surface area contributed by atoms with E-state index >= 15 is 0 Å². The Morgan fingerprint density at radius 3 is 2.81 bits per heavy atom. The molecule has 4 nitrogen and oxygen atoms in total. The van der Waals surface area contributed by atoms with E-state index in [1.54, 1.807) is 0 Å². The Kier molecular flexibility index (Phi) is 4.32. The molecule has 5 rings (SSSR count). The molecule has 2 saturated carbocycles. The van der Waals surface area contributed by atoms with Gasteiger partial charge in [0.25, 0.3) is 0 Å². The number of epoxide rings is 1. The number of esters is 1. The second kappa shape index (κ2) is 6.59. The Morgan fingerprint density at radius 1 is 1.22 bits per heavy atom. The zero-order valence-corrected chi connectivity index (χ0v) is 16.3. The van der Waals surface area contributed by atoms with Gasteiger partial charge in [0.1, 0.15) is 6.10 Å². The molecule has 1 N–H and O–H groups in total. The number of nitrogens with one attached hydrogen (secondary N) is 1. The maximum absolute atomic E-state index is 12.6. The van der Waals surface area contributed by atoms with Gasteiger partial charge in [-0.05, 0) is 62.0 Å². The summed E-state index contributed by atoms with van der Waals surface area (Å²) in [6.07, 6.45) is 6.95. The highest BCUT2D eigenvalue weighted by molar-refractivity contribution is 5.75. The number of hydrogen-bond donors (Lipinski definition) is 1. The molecule has 27 heavy (non-hydrogen) atoms. The highest BCUT2D eigenvalue weighted by Crippen LogP contribution is 2.62. The van der Waals surface area contributed by atoms with Gasteiger partial charge in [-0.25, -0.2) is 0 Å². The molecule has 0 aromatic heterocycles. The summed E-state index contributed by atoms with van der Waals surface area (Å²) in [6, 6.07) is 10.5. The van der Waals surface area contributed by atoms with Crippen LogP contribution in [0.15, 0.2) is 30.3 Å². The minimum atomic E-state index is 0.00745. The largest absolute Gasteiger partial charge is 0.462 e. The van der Waals surface area contributed by atoms with Crippen molar-refractivity contribution < 1.29 is 14.3 Å². The fourth-order valence-corrected chi connectivity index (χ4v) is 6.33. The summed E-state index contributed by atoms with van der Waals surface area (Å²) in [4.78, 5) is 12.6. The Hall–Kier alpha value is -1.39. The van der Waals surface area contributed by atoms with Gasteiger partial charge in [0, 0.05) is 12.5 Å². The standard InChI is InChI=1S/C23H31NO3/c1-22-9-5-10-23(15-26-23)20(22)12-17-18(21(25)27-19(17)13-22)14-24-11-8-16-6-3-2-4-7-16/h2-4,6-7,17-20,24H,5,8-15H2,1H3/t17-,18-,19+,20+,22+,23-/m0/s1. The van der Waals surface area contributed by atoms with Crippen LogP contribution >= 0.6 is 0 Å². The number of fused-ring (bicyclic) bond motifs is 3. The Balaban J connectivity index is 1.22. The van der Waals surface area contributed by atoms with E-state index in [0.717, 1.165) is 39.0 Å². The highest BCUT2D eigenvalue weighted by atomic mass is 16.6. The summed E-state index contributed by atoms with van der Waals surface area (Å²) in [5.41, 5.74) is 1.75. The van der Waals surface area contributed by atoms with Gasteiger partial charge in [-0.15, -0.1) is 0 Å². The lowest BCUT2D eigenvalue weighted by Gasteiger charge is -2.51. The maximum atomic E-state index is 12.6. The molecule has 0 bridgehead atoms. The third-order valence-corrected chi connectivity index (χ3v) is 7.88. The monoisotopic (exact) mass is 369 g/mol. The first kappa shape index (κ1) is 17.7. The third kappa shape index (κ3) is 3.11. The zero-order valence-electron chi connectivity index (χ0n) is 16.3. The quantitative estimate of drug-likeness (QED) is 0.491. The minimum absolute atomic E-state index is 0.00745. The molecule has 0 amide bonds. The third-order valence-electron chi connectivity index (χ3n) is 7.88. The van der Waals surface area contributed by atoms with Crippen molar-refractivity contribution in [1.82, 2.24) is 5.32 Å². The van der Waals surface area contributed by atoms with Crippen LogP contribution in [-0.2, 0) is 20.7 Å². The van der Waals surface area contributed by atoms with Gasteiger partial charge in [-0.2, -0.15) is 0 Å². The van der Waals surface area contributed by atoms with E-state index in [2.05, 4.69) is 36.5 Å². The molecule has 1 aromatic carbocycles. The molecule has 6 atom stereocenters. The first-order chi connectivity index (χ1) is 13.1. The fourth-order valence-electron chi connectivity index (χ4n) is 6.33. The van der Waals surface area contributed by atoms with Gasteiger partial charge in [0.15, 0.2) is 0 Å². The summed E-state index contributed by atoms with van der Waals surface area (Å²) >= 11 is 0. The molecule has 1 spiro atoms. The predicted octanol–water partition coefficient (Wildman–Crippen LogP) is 3.35. The maximum Gasteiger partial charge on any atom is 0.310 e. The Bertz CT molecular complexity index is 701. The van der Waals surface area contributed by atoms with Gasteiger partial charge >= 0.3 is 5.97 Å². The average Bonchev–Trinajstić information content (AvgIpc) is 3.36. The van der Waals surface area contributed by atoms with E-state index in [1.807, 2.05) is 6.07 Å². The van der Waals surface area contributed by atoms with Gasteiger partial charge < -0.3 is 14.8 Å². The first-order valence-electron chi connectivity index (χ1n) is 10.7. The first-order valence-corrected chi connectivity index (χ1v) is 10.7. The van der Waals surface area contributed by atoms with E-state index in [9.17, 15) is 4.79 Å². The second-order valence-electron chi connectivity index (χ2n) is 9.54. The molecule has 2 aliphatic heterocycles. The van der Waals surface area contributed by atoms with E-state index in [0.29, 0.717) is 11.8 Å². The predicted molar refractivity (Wildman–Crippen MR) is 103 cm³/mol. The number of carbonyl (C=O) groups excluding carboxylic acids is 1. The van der Waals surface area contributed by atoms with Crippen molar-refractivity contribution in [3.8, 4) is 0 Å². The van der Waals surface area contributed by atoms with Crippen LogP contribution in [0.2, 0.25) is 0 Å². The van der Waals surface area contributed by atoms with Crippen LogP contribution in [-0.4, -0.2) is 37.4 Å². The lowest BCUT2D eigenvalue weighted by atomic mass is 9.53. The zero-order chi connectivity index (χ0) is 18.5. The van der Waals surface area contributed by atoms with Gasteiger partial charge in [-0.1, -0.05) is 37.3 Å². The van der Waals surface area contributed by atoms with Crippen LogP contribution in [0.4, 0.5) is 0 Å². The SMILES string of the molecule is C[C@]12CCC[C@]3(CO3)[C@@H]1C[C@H]1[C@H](CNCCc3ccccc3)C(=O)O[C@@H]1C2. The van der Waals surface area contributed by atoms with Crippen LogP contribution in [0.25, 0.3) is 0 Å². The molecule has 2 saturated heterocycles. The van der Waals surface area contributed by atoms with Crippen molar-refractivity contribution in [3.05, 3.63) is 35.9 Å². The smallest absolute Gasteiger partial charge is 0.310 e. The Morgan fingerprint density at radius 2 is 2.04 bits per heavy atom. The summed E-state index contributed by atoms with van der Waals surface area (Å²) in [5, 5.41) is 3.53. The van der Waals surface area contributed by atoms with Gasteiger partial charge in [0.05, 0.1) is 18.1 Å². The molecule has 2 aliphatic carbocycles. The molecule has 1 aromatic rings. The number of benzene rings is 1. The van der Waals surface area contributed by atoms with E-state index in [1.165, 1.54) is 24.8 Å². The van der Waals surface area contributed by atoms with Gasteiger partial charge in [0.2, 0.25) is 0 Å². The summed E-state index contributed by atoms with van der Waals surface area (Å²) in [5.74, 6) is 0.985. The molecule has 4 aliphatic rings. The molecular weight excluding hydrogens is 338 g/mol. The summed E-state index contributed by atoms with van der Waals surface area (Å²) in [7, 11) is 0. The van der Waals surface area contributed by atoms with Crippen molar-refractivity contribution in [2.75, 3.05) is 19.7 Å². The minimum Gasteiger partial charge on any atom is -0.462 e. The lowest BCUT2D eigenvalue weighted by molar-refractivity contribution is -0.147. The molecule has 146 valence electrons. The van der Waals surface area contributed by atoms with E-state index in [4.69, 9.17) is 9.47 Å². The number of ether oxygens (including phenoxy) is 2. The molecule has 4 fully saturated rings. The second-order valence-corrected chi connectivity index (χ2v) is 9.54. The van der Waals surface area contributed by atoms with Crippen molar-refractivity contribution in [2.24, 2.45) is 23.2 Å². The van der Waals surface area contributed by atoms with E-state index < -0.39 is 0 Å². The van der Waals surface area contributed by atoms with Crippen LogP contribution < -0.4 is 5.32 Å². The Labute approximate surface area is 162 Å². The van der Waals surface area contributed by atoms with Crippen molar-refractivity contribution in [2.45, 2.75) is 57.2 Å². The topological polar surface area (TPSA) is 50.9 Å². The molecular formula is C23H31NO3. The van der Waals surface area contributed by atoms with E-state index in [-0.39, 0.29) is 29.0 Å².